The number of carbonyl (C=O) groups excluding carboxylic acids is 2. The normalized spacial score (nSPS) is 15.5. The van der Waals surface area contributed by atoms with E-state index >= 15 is 0 Å². The number of halogens is 1. The topological polar surface area (TPSA) is 86.0 Å². The van der Waals surface area contributed by atoms with Crippen molar-refractivity contribution in [1.29, 1.82) is 0 Å². The summed E-state index contributed by atoms with van der Waals surface area (Å²) >= 11 is 0. The van der Waals surface area contributed by atoms with Gasteiger partial charge in [-0.1, -0.05) is 12.1 Å². The summed E-state index contributed by atoms with van der Waals surface area (Å²) in [6.45, 7) is 0.464. The summed E-state index contributed by atoms with van der Waals surface area (Å²) in [6.07, 6.45) is 0. The van der Waals surface area contributed by atoms with Crippen molar-refractivity contribution in [2.75, 3.05) is 27.4 Å². The third kappa shape index (κ3) is 3.15. The molecule has 0 saturated carbocycles. The first kappa shape index (κ1) is 19.8. The highest BCUT2D eigenvalue weighted by atomic mass is 19.1. The molecule has 1 amide bonds. The highest BCUT2D eigenvalue weighted by molar-refractivity contribution is 5.99. The second-order valence-electron chi connectivity index (χ2n) is 6.82. The number of methoxy groups -OCH3 is 2. The van der Waals surface area contributed by atoms with Crippen molar-refractivity contribution >= 4 is 22.8 Å². The molecular weight excluding hydrogens is 393 g/mol. The Morgan fingerprint density at radius 2 is 1.87 bits per heavy atom. The minimum Gasteiger partial charge on any atom is -0.465 e. The van der Waals surface area contributed by atoms with Crippen LogP contribution in [0.15, 0.2) is 51.7 Å². The zero-order chi connectivity index (χ0) is 21.4. The van der Waals surface area contributed by atoms with Crippen molar-refractivity contribution in [2.45, 2.75) is 6.04 Å². The molecule has 0 fully saturated rings. The predicted octanol–water partition coefficient (Wildman–Crippen LogP) is 2.91. The van der Waals surface area contributed by atoms with Crippen LogP contribution in [0.5, 0.6) is 0 Å². The maximum absolute atomic E-state index is 13.7. The molecule has 0 spiro atoms. The van der Waals surface area contributed by atoms with Gasteiger partial charge in [-0.15, -0.1) is 0 Å². The summed E-state index contributed by atoms with van der Waals surface area (Å²) in [5.41, 5.74) is 0.749. The van der Waals surface area contributed by atoms with Crippen molar-refractivity contribution in [3.05, 3.63) is 81.0 Å². The van der Waals surface area contributed by atoms with Crippen molar-refractivity contribution in [3.8, 4) is 0 Å². The number of hydrogen-bond acceptors (Lipinski definition) is 6. The van der Waals surface area contributed by atoms with E-state index in [1.54, 1.807) is 24.3 Å². The van der Waals surface area contributed by atoms with Gasteiger partial charge in [0.05, 0.1) is 36.3 Å². The van der Waals surface area contributed by atoms with E-state index in [0.717, 1.165) is 6.07 Å². The Balaban J connectivity index is 1.90. The Labute approximate surface area is 170 Å². The average molecular weight is 411 g/mol. The zero-order valence-corrected chi connectivity index (χ0v) is 16.3. The molecule has 4 rings (SSSR count). The fraction of sp³-hybridized carbons (Fsp3) is 0.227. The number of amides is 1. The van der Waals surface area contributed by atoms with Crippen LogP contribution >= 0.6 is 0 Å². The Kier molecular flexibility index (Phi) is 5.09. The quantitative estimate of drug-likeness (QED) is 0.600. The van der Waals surface area contributed by atoms with E-state index in [-0.39, 0.29) is 35.4 Å². The largest absolute Gasteiger partial charge is 0.465 e. The van der Waals surface area contributed by atoms with Gasteiger partial charge in [0.2, 0.25) is 5.76 Å². The van der Waals surface area contributed by atoms with Gasteiger partial charge in [-0.05, 0) is 35.9 Å². The van der Waals surface area contributed by atoms with Crippen molar-refractivity contribution in [3.63, 3.8) is 0 Å². The molecule has 30 heavy (non-hydrogen) atoms. The lowest BCUT2D eigenvalue weighted by Gasteiger charge is -2.24. The van der Waals surface area contributed by atoms with Gasteiger partial charge in [-0.2, -0.15) is 0 Å². The number of benzene rings is 2. The third-order valence-corrected chi connectivity index (χ3v) is 5.11. The molecule has 2 aromatic carbocycles. The van der Waals surface area contributed by atoms with Crippen LogP contribution in [0.2, 0.25) is 0 Å². The van der Waals surface area contributed by atoms with Crippen LogP contribution < -0.4 is 5.43 Å². The molecule has 7 nitrogen and oxygen atoms in total. The maximum Gasteiger partial charge on any atom is 0.337 e. The Morgan fingerprint density at radius 1 is 1.13 bits per heavy atom. The molecule has 8 heteroatoms. The Morgan fingerprint density at radius 3 is 2.53 bits per heavy atom. The van der Waals surface area contributed by atoms with Gasteiger partial charge >= 0.3 is 5.97 Å². The fourth-order valence-electron chi connectivity index (χ4n) is 3.68. The molecule has 1 aromatic heterocycles. The molecule has 0 unspecified atom stereocenters. The summed E-state index contributed by atoms with van der Waals surface area (Å²) in [7, 11) is 2.79. The highest BCUT2D eigenvalue weighted by Gasteiger charge is 2.42. The van der Waals surface area contributed by atoms with Crippen LogP contribution in [0.25, 0.3) is 11.0 Å². The minimum atomic E-state index is -0.752. The van der Waals surface area contributed by atoms with E-state index in [1.165, 1.54) is 31.3 Å². The molecule has 1 aliphatic rings. The number of ether oxygens (including phenoxy) is 2. The Bertz CT molecular complexity index is 1200. The SMILES string of the molecule is COCCN1C(=O)c2oc3ccc(F)cc3c(=O)c2[C@@H]1c1ccc(C(=O)OC)cc1. The molecule has 2 heterocycles. The van der Waals surface area contributed by atoms with Gasteiger partial charge in [0, 0.05) is 13.7 Å². The first-order valence-corrected chi connectivity index (χ1v) is 9.20. The van der Waals surface area contributed by atoms with E-state index in [9.17, 15) is 18.8 Å². The molecular formula is C22H18FNO6. The van der Waals surface area contributed by atoms with Gasteiger partial charge in [0.1, 0.15) is 11.4 Å². The smallest absolute Gasteiger partial charge is 0.337 e. The van der Waals surface area contributed by atoms with Crippen molar-refractivity contribution in [2.24, 2.45) is 0 Å². The molecule has 0 saturated heterocycles. The van der Waals surface area contributed by atoms with Crippen LogP contribution in [0.4, 0.5) is 4.39 Å². The van der Waals surface area contributed by atoms with Crippen molar-refractivity contribution in [1.82, 2.24) is 4.90 Å². The van der Waals surface area contributed by atoms with Crippen LogP contribution in [0.1, 0.15) is 38.1 Å². The minimum absolute atomic E-state index is 0.0614. The van der Waals surface area contributed by atoms with E-state index < -0.39 is 29.2 Å². The summed E-state index contributed by atoms with van der Waals surface area (Å²) in [4.78, 5) is 39.5. The molecule has 1 aliphatic heterocycles. The second-order valence-corrected chi connectivity index (χ2v) is 6.82. The van der Waals surface area contributed by atoms with Crippen LogP contribution in [-0.4, -0.2) is 44.1 Å². The first-order valence-electron chi connectivity index (χ1n) is 9.20. The van der Waals surface area contributed by atoms with Gasteiger partial charge in [0.15, 0.2) is 5.43 Å². The molecule has 0 aliphatic carbocycles. The molecule has 3 aromatic rings. The fourth-order valence-corrected chi connectivity index (χ4v) is 3.68. The molecule has 154 valence electrons. The monoisotopic (exact) mass is 411 g/mol. The number of rotatable bonds is 5. The summed E-state index contributed by atoms with van der Waals surface area (Å²) in [6, 6.07) is 9.25. The zero-order valence-electron chi connectivity index (χ0n) is 16.3. The number of nitrogens with zero attached hydrogens (tertiary/aromatic N) is 1. The molecule has 0 bridgehead atoms. The van der Waals surface area contributed by atoms with Gasteiger partial charge in [-0.3, -0.25) is 9.59 Å². The van der Waals surface area contributed by atoms with E-state index in [2.05, 4.69) is 0 Å². The van der Waals surface area contributed by atoms with E-state index in [4.69, 9.17) is 13.9 Å². The van der Waals surface area contributed by atoms with Gasteiger partial charge in [-0.25, -0.2) is 9.18 Å². The number of fused-ring (bicyclic) bond motifs is 2. The lowest BCUT2D eigenvalue weighted by atomic mass is 9.97. The Hall–Kier alpha value is -3.52. The number of hydrogen-bond donors (Lipinski definition) is 0. The summed E-state index contributed by atoms with van der Waals surface area (Å²) < 4.78 is 29.3. The number of esters is 1. The lowest BCUT2D eigenvalue weighted by Crippen LogP contribution is -2.32. The van der Waals surface area contributed by atoms with Crippen LogP contribution in [0, 0.1) is 5.82 Å². The number of carbonyl (C=O) groups is 2. The molecule has 0 radical (unpaired) electrons. The van der Waals surface area contributed by atoms with Gasteiger partial charge in [0.25, 0.3) is 5.91 Å². The van der Waals surface area contributed by atoms with Gasteiger partial charge < -0.3 is 18.8 Å². The highest BCUT2D eigenvalue weighted by Crippen LogP contribution is 2.38. The molecule has 0 N–H and O–H groups in total. The first-order chi connectivity index (χ1) is 14.5. The maximum atomic E-state index is 13.7. The lowest BCUT2D eigenvalue weighted by molar-refractivity contribution is 0.0599. The second kappa shape index (κ2) is 7.72. The predicted molar refractivity (Wildman–Crippen MR) is 105 cm³/mol. The average Bonchev–Trinajstić information content (AvgIpc) is 3.04. The van der Waals surface area contributed by atoms with Crippen LogP contribution in [-0.2, 0) is 9.47 Å². The third-order valence-electron chi connectivity index (χ3n) is 5.11. The van der Waals surface area contributed by atoms with Crippen LogP contribution in [0.3, 0.4) is 0 Å². The summed E-state index contributed by atoms with van der Waals surface area (Å²) in [5, 5.41) is 0.0614. The van der Waals surface area contributed by atoms with E-state index in [1.807, 2.05) is 0 Å². The van der Waals surface area contributed by atoms with Crippen molar-refractivity contribution < 1.29 is 27.9 Å². The molecule has 1 atom stereocenters. The summed E-state index contributed by atoms with van der Waals surface area (Å²) in [5.74, 6) is -1.60. The standard InChI is InChI=1S/C22H18FNO6/c1-28-10-9-24-18(12-3-5-13(6-4-12)22(27)29-2)17-19(25)15-11-14(23)7-8-16(15)30-20(17)21(24)26/h3-8,11,18H,9-10H2,1-2H3/t18-/m0/s1. The van der Waals surface area contributed by atoms with E-state index in [0.29, 0.717) is 11.1 Å².